The molecule has 0 unspecified atom stereocenters. The number of nitrogens with one attached hydrogen (secondary N) is 2. The van der Waals surface area contributed by atoms with Gasteiger partial charge in [-0.25, -0.2) is 8.42 Å². The van der Waals surface area contributed by atoms with E-state index in [4.69, 9.17) is 21.4 Å². The number of benzene rings is 2. The highest BCUT2D eigenvalue weighted by atomic mass is 32.2. The Balaban J connectivity index is 1.59. The Morgan fingerprint density at radius 2 is 1.90 bits per heavy atom. The Labute approximate surface area is 229 Å². The monoisotopic (exact) mass is 565 g/mol. The van der Waals surface area contributed by atoms with Gasteiger partial charge in [0, 0.05) is 29.6 Å². The number of anilines is 2. The second kappa shape index (κ2) is 10.3. The molecular formula is C26H23N5O6S2. The normalized spacial score (nSPS) is 17.1. The molecule has 0 saturated carbocycles. The average molecular weight is 566 g/mol. The molecule has 200 valence electrons. The van der Waals surface area contributed by atoms with Crippen molar-refractivity contribution in [3.05, 3.63) is 101 Å². The number of pyridine rings is 1. The van der Waals surface area contributed by atoms with Crippen LogP contribution in [0.4, 0.5) is 17.1 Å². The molecular weight excluding hydrogens is 542 g/mol. The largest absolute Gasteiger partial charge is 0.495 e. The van der Waals surface area contributed by atoms with Crippen LogP contribution < -0.4 is 19.7 Å². The van der Waals surface area contributed by atoms with Crippen LogP contribution in [0.2, 0.25) is 0 Å². The average Bonchev–Trinajstić information content (AvgIpc) is 3.53. The van der Waals surface area contributed by atoms with Crippen LogP contribution in [0.5, 0.6) is 5.75 Å². The molecule has 13 heteroatoms. The number of sulfonamides is 1. The van der Waals surface area contributed by atoms with Gasteiger partial charge in [-0.1, -0.05) is 6.07 Å². The van der Waals surface area contributed by atoms with Crippen LogP contribution in [0, 0.1) is 10.1 Å². The molecule has 0 bridgehead atoms. The maximum atomic E-state index is 12.0. The van der Waals surface area contributed by atoms with E-state index < -0.39 is 27.0 Å². The van der Waals surface area contributed by atoms with E-state index in [2.05, 4.69) is 15.0 Å². The Kier molecular flexibility index (Phi) is 6.93. The first-order valence-corrected chi connectivity index (χ1v) is 14.0. The zero-order valence-corrected chi connectivity index (χ0v) is 22.4. The number of rotatable bonds is 8. The van der Waals surface area contributed by atoms with Gasteiger partial charge in [-0.15, -0.1) is 0 Å². The van der Waals surface area contributed by atoms with Crippen molar-refractivity contribution in [3.8, 4) is 17.1 Å². The fourth-order valence-electron chi connectivity index (χ4n) is 4.46. The predicted octanol–water partition coefficient (Wildman–Crippen LogP) is 4.81. The molecule has 0 radical (unpaired) electrons. The lowest BCUT2D eigenvalue weighted by molar-refractivity contribution is -0.384. The summed E-state index contributed by atoms with van der Waals surface area (Å²) in [5, 5.41) is 14.8. The summed E-state index contributed by atoms with van der Waals surface area (Å²) in [6, 6.07) is 19.4. The molecule has 0 spiro atoms. The molecule has 5 rings (SSSR count). The molecule has 0 amide bonds. The number of thiocarbonyl (C=S) groups is 1. The standard InChI is InChI=1S/C26H23N5O6S2/c1-36-22-11-10-18(15-20(22)29-39(2,34)35)30-25(24(28-26(30)38)19-5-3-4-14-27-19)23-13-12-21(37-23)16-6-8-17(9-7-16)31(32)33/h3-15,24-25,29H,1-2H3,(H,28,38)/t24-,25+/m1/s1. The summed E-state index contributed by atoms with van der Waals surface area (Å²) in [5.74, 6) is 1.42. The van der Waals surface area contributed by atoms with Crippen LogP contribution in [0.25, 0.3) is 11.3 Å². The summed E-state index contributed by atoms with van der Waals surface area (Å²) in [4.78, 5) is 16.9. The lowest BCUT2D eigenvalue weighted by Gasteiger charge is -2.27. The third-order valence-corrected chi connectivity index (χ3v) is 7.04. The van der Waals surface area contributed by atoms with Gasteiger partial charge in [0.1, 0.15) is 23.3 Å². The number of nitro groups is 1. The van der Waals surface area contributed by atoms with E-state index in [0.717, 1.165) is 11.9 Å². The molecule has 11 nitrogen and oxygen atoms in total. The van der Waals surface area contributed by atoms with Crippen LogP contribution in [-0.4, -0.2) is 36.8 Å². The van der Waals surface area contributed by atoms with E-state index in [1.54, 1.807) is 42.6 Å². The van der Waals surface area contributed by atoms with E-state index in [-0.39, 0.29) is 11.4 Å². The van der Waals surface area contributed by atoms with Crippen LogP contribution in [0.15, 0.2) is 83.4 Å². The van der Waals surface area contributed by atoms with E-state index in [1.807, 2.05) is 29.2 Å². The van der Waals surface area contributed by atoms with Gasteiger partial charge < -0.3 is 19.4 Å². The van der Waals surface area contributed by atoms with Gasteiger partial charge in [-0.05, 0) is 66.8 Å². The highest BCUT2D eigenvalue weighted by molar-refractivity contribution is 7.92. The lowest BCUT2D eigenvalue weighted by atomic mass is 10.0. The van der Waals surface area contributed by atoms with Crippen molar-refractivity contribution in [1.82, 2.24) is 10.3 Å². The van der Waals surface area contributed by atoms with Gasteiger partial charge in [0.25, 0.3) is 5.69 Å². The van der Waals surface area contributed by atoms with Gasteiger partial charge in [0.15, 0.2) is 5.11 Å². The first kappa shape index (κ1) is 26.1. The number of methoxy groups -OCH3 is 1. The minimum absolute atomic E-state index is 0.0183. The number of aromatic nitrogens is 1. The molecule has 2 atom stereocenters. The summed E-state index contributed by atoms with van der Waals surface area (Å²) in [6.45, 7) is 0. The highest BCUT2D eigenvalue weighted by Crippen LogP contribution is 2.44. The van der Waals surface area contributed by atoms with E-state index in [1.165, 1.54) is 19.2 Å². The molecule has 4 aromatic rings. The van der Waals surface area contributed by atoms with Gasteiger partial charge in [-0.2, -0.15) is 0 Å². The maximum absolute atomic E-state index is 12.0. The van der Waals surface area contributed by atoms with Gasteiger partial charge in [0.2, 0.25) is 10.0 Å². The topological polar surface area (TPSA) is 140 Å². The third kappa shape index (κ3) is 5.40. The van der Waals surface area contributed by atoms with Crippen molar-refractivity contribution in [2.45, 2.75) is 12.1 Å². The second-order valence-electron chi connectivity index (χ2n) is 8.76. The number of hydrogen-bond acceptors (Lipinski definition) is 8. The zero-order valence-electron chi connectivity index (χ0n) is 20.8. The number of ether oxygens (including phenoxy) is 1. The van der Waals surface area contributed by atoms with Crippen molar-refractivity contribution in [2.24, 2.45) is 0 Å². The summed E-state index contributed by atoms with van der Waals surface area (Å²) in [5.41, 5.74) is 2.23. The summed E-state index contributed by atoms with van der Waals surface area (Å²) in [6.07, 6.45) is 2.75. The van der Waals surface area contributed by atoms with E-state index in [0.29, 0.717) is 33.6 Å². The zero-order chi connectivity index (χ0) is 27.7. The number of non-ortho nitro benzene ring substituents is 1. The third-order valence-electron chi connectivity index (χ3n) is 6.14. The van der Waals surface area contributed by atoms with Gasteiger partial charge in [0.05, 0.1) is 35.7 Å². The van der Waals surface area contributed by atoms with Crippen molar-refractivity contribution < 1.29 is 22.5 Å². The number of furan rings is 1. The molecule has 2 aromatic carbocycles. The molecule has 3 heterocycles. The predicted molar refractivity (Wildman–Crippen MR) is 150 cm³/mol. The van der Waals surface area contributed by atoms with Crippen LogP contribution in [0.3, 0.4) is 0 Å². The molecule has 0 aliphatic carbocycles. The van der Waals surface area contributed by atoms with Gasteiger partial charge in [-0.3, -0.25) is 19.8 Å². The molecule has 1 aliphatic heterocycles. The molecule has 2 N–H and O–H groups in total. The number of nitrogens with zero attached hydrogens (tertiary/aromatic N) is 3. The van der Waals surface area contributed by atoms with E-state index >= 15 is 0 Å². The van der Waals surface area contributed by atoms with Crippen LogP contribution >= 0.6 is 12.2 Å². The smallest absolute Gasteiger partial charge is 0.269 e. The molecule has 1 fully saturated rings. The Hall–Kier alpha value is -4.49. The molecule has 1 saturated heterocycles. The van der Waals surface area contributed by atoms with Crippen LogP contribution in [0.1, 0.15) is 23.5 Å². The number of nitro benzene ring substituents is 1. The SMILES string of the molecule is COc1ccc(N2C(=S)N[C@H](c3ccccn3)[C@@H]2c2ccc(-c3ccc([N+](=O)[O-])cc3)o2)cc1NS(C)(=O)=O. The summed E-state index contributed by atoms with van der Waals surface area (Å²) >= 11 is 5.74. The van der Waals surface area contributed by atoms with E-state index in [9.17, 15) is 18.5 Å². The van der Waals surface area contributed by atoms with Crippen molar-refractivity contribution in [3.63, 3.8) is 0 Å². The summed E-state index contributed by atoms with van der Waals surface area (Å²) in [7, 11) is -2.14. The molecule has 1 aliphatic rings. The minimum atomic E-state index is -3.59. The lowest BCUT2D eigenvalue weighted by Crippen LogP contribution is -2.29. The molecule has 39 heavy (non-hydrogen) atoms. The molecule has 2 aromatic heterocycles. The summed E-state index contributed by atoms with van der Waals surface area (Å²) < 4.78 is 38.1. The van der Waals surface area contributed by atoms with Gasteiger partial charge >= 0.3 is 0 Å². The van der Waals surface area contributed by atoms with Crippen molar-refractivity contribution in [2.75, 3.05) is 23.0 Å². The Morgan fingerprint density at radius 1 is 1.13 bits per heavy atom. The first-order chi connectivity index (χ1) is 18.6. The minimum Gasteiger partial charge on any atom is -0.495 e. The Morgan fingerprint density at radius 3 is 2.54 bits per heavy atom. The van der Waals surface area contributed by atoms with Crippen molar-refractivity contribution >= 4 is 44.4 Å². The van der Waals surface area contributed by atoms with Crippen LogP contribution in [-0.2, 0) is 10.0 Å². The second-order valence-corrected chi connectivity index (χ2v) is 10.9. The maximum Gasteiger partial charge on any atom is 0.269 e. The number of hydrogen-bond donors (Lipinski definition) is 2. The first-order valence-electron chi connectivity index (χ1n) is 11.7. The Bertz CT molecular complexity index is 1640. The quantitative estimate of drug-likeness (QED) is 0.174. The highest BCUT2D eigenvalue weighted by Gasteiger charge is 2.43. The van der Waals surface area contributed by atoms with Crippen molar-refractivity contribution in [1.29, 1.82) is 0 Å². The fraction of sp³-hybridized carbons (Fsp3) is 0.154. The fourth-order valence-corrected chi connectivity index (χ4v) is 5.37.